The lowest BCUT2D eigenvalue weighted by Gasteiger charge is -2.28. The molecule has 0 saturated heterocycles. The Balaban J connectivity index is 2.25. The number of hydrogen-bond acceptors (Lipinski definition) is 1. The van der Waals surface area contributed by atoms with Crippen molar-refractivity contribution in [2.45, 2.75) is 39.7 Å². The minimum absolute atomic E-state index is 0.278. The molecule has 0 aromatic heterocycles. The van der Waals surface area contributed by atoms with Crippen LogP contribution < -0.4 is 0 Å². The zero-order valence-electron chi connectivity index (χ0n) is 14.5. The second-order valence-corrected chi connectivity index (χ2v) is 5.89. The molecule has 0 fully saturated rings. The summed E-state index contributed by atoms with van der Waals surface area (Å²) in [5, 5.41) is 0. The fraction of sp³-hybridized carbons (Fsp3) is 0.273. The molecule has 0 aliphatic carbocycles. The van der Waals surface area contributed by atoms with Crippen LogP contribution in [-0.2, 0) is 6.42 Å². The Hall–Kier alpha value is -2.28. The Morgan fingerprint density at radius 2 is 1.96 bits per heavy atom. The molecule has 1 aromatic rings. The van der Waals surface area contributed by atoms with Gasteiger partial charge in [0.25, 0.3) is 0 Å². The number of rotatable bonds is 6. The van der Waals surface area contributed by atoms with E-state index in [1.807, 2.05) is 6.08 Å². The molecule has 1 aliphatic rings. The van der Waals surface area contributed by atoms with Crippen molar-refractivity contribution < 1.29 is 0 Å². The van der Waals surface area contributed by atoms with Crippen LogP contribution >= 0.6 is 0 Å². The summed E-state index contributed by atoms with van der Waals surface area (Å²) in [4.78, 5) is 2.27. The molecule has 1 aromatic carbocycles. The maximum atomic E-state index is 4.23. The van der Waals surface area contributed by atoms with Crippen molar-refractivity contribution in [1.82, 2.24) is 4.90 Å². The van der Waals surface area contributed by atoms with Crippen molar-refractivity contribution in [3.05, 3.63) is 90.3 Å². The predicted molar refractivity (Wildman–Crippen MR) is 102 cm³/mol. The van der Waals surface area contributed by atoms with Gasteiger partial charge in [-0.1, -0.05) is 69.0 Å². The quantitative estimate of drug-likeness (QED) is 0.593. The molecule has 0 amide bonds. The van der Waals surface area contributed by atoms with Gasteiger partial charge >= 0.3 is 0 Å². The van der Waals surface area contributed by atoms with E-state index in [4.69, 9.17) is 0 Å². The van der Waals surface area contributed by atoms with Gasteiger partial charge < -0.3 is 4.90 Å². The fourth-order valence-electron chi connectivity index (χ4n) is 3.11. The standard InChI is InChI=1S/C22H27N/c1-6-9-11-21(8-3)23-17(4)16-22(18(23)5)20-14-12-19(10-7-2)13-15-20/h6,8-9,11-16,18H,1,4,7,10H2,2-3,5H3/b11-9-,21-8+. The van der Waals surface area contributed by atoms with E-state index < -0.39 is 0 Å². The number of allylic oxidation sites excluding steroid dienone is 5. The summed E-state index contributed by atoms with van der Waals surface area (Å²) < 4.78 is 0. The third-order valence-corrected chi connectivity index (χ3v) is 4.27. The number of benzene rings is 1. The van der Waals surface area contributed by atoms with Gasteiger partial charge in [0, 0.05) is 11.4 Å². The Bertz CT molecular complexity index is 656. The van der Waals surface area contributed by atoms with Crippen LogP contribution in [0.25, 0.3) is 5.57 Å². The van der Waals surface area contributed by atoms with Gasteiger partial charge in [-0.3, -0.25) is 0 Å². The van der Waals surface area contributed by atoms with Gasteiger partial charge in [0.2, 0.25) is 0 Å². The zero-order valence-corrected chi connectivity index (χ0v) is 14.5. The van der Waals surface area contributed by atoms with Crippen molar-refractivity contribution >= 4 is 5.57 Å². The fourth-order valence-corrected chi connectivity index (χ4v) is 3.11. The van der Waals surface area contributed by atoms with Gasteiger partial charge in [-0.25, -0.2) is 0 Å². The highest BCUT2D eigenvalue weighted by Crippen LogP contribution is 2.36. The van der Waals surface area contributed by atoms with Gasteiger partial charge in [-0.2, -0.15) is 0 Å². The molecule has 1 atom stereocenters. The van der Waals surface area contributed by atoms with E-state index >= 15 is 0 Å². The first kappa shape index (κ1) is 17.1. The SMILES string of the molecule is C=C/C=C\C(=C/C)N1C(=C)C=C(c2ccc(CCC)cc2)C1C. The Labute approximate surface area is 141 Å². The van der Waals surface area contributed by atoms with Gasteiger partial charge in [0.15, 0.2) is 0 Å². The molecule has 1 nitrogen and oxygen atoms in total. The second-order valence-electron chi connectivity index (χ2n) is 5.89. The first-order valence-electron chi connectivity index (χ1n) is 8.36. The number of aryl methyl sites for hydroxylation is 1. The molecule has 2 rings (SSSR count). The lowest BCUT2D eigenvalue weighted by Crippen LogP contribution is -2.26. The maximum Gasteiger partial charge on any atom is 0.0569 e. The van der Waals surface area contributed by atoms with E-state index in [2.05, 4.69) is 81.3 Å². The van der Waals surface area contributed by atoms with Crippen LogP contribution in [0.15, 0.2) is 79.2 Å². The van der Waals surface area contributed by atoms with Crippen molar-refractivity contribution in [3.63, 3.8) is 0 Å². The molecule has 1 aliphatic heterocycles. The summed E-state index contributed by atoms with van der Waals surface area (Å²) in [6, 6.07) is 9.23. The second kappa shape index (κ2) is 7.82. The van der Waals surface area contributed by atoms with Crippen LogP contribution in [0.1, 0.15) is 38.3 Å². The topological polar surface area (TPSA) is 3.24 Å². The molecule has 1 heteroatoms. The summed E-state index contributed by atoms with van der Waals surface area (Å²) in [5.74, 6) is 0. The molecule has 0 saturated carbocycles. The monoisotopic (exact) mass is 305 g/mol. The lowest BCUT2D eigenvalue weighted by atomic mass is 9.98. The lowest BCUT2D eigenvalue weighted by molar-refractivity contribution is 0.433. The summed E-state index contributed by atoms with van der Waals surface area (Å²) in [5.41, 5.74) is 6.19. The van der Waals surface area contributed by atoms with Gasteiger partial charge in [-0.15, -0.1) is 0 Å². The highest BCUT2D eigenvalue weighted by atomic mass is 15.2. The molecule has 0 spiro atoms. The van der Waals surface area contributed by atoms with Gasteiger partial charge in [0.1, 0.15) is 0 Å². The Morgan fingerprint density at radius 3 is 2.52 bits per heavy atom. The molecular weight excluding hydrogens is 278 g/mol. The van der Waals surface area contributed by atoms with Crippen LogP contribution in [-0.4, -0.2) is 10.9 Å². The maximum absolute atomic E-state index is 4.23. The third kappa shape index (κ3) is 3.73. The van der Waals surface area contributed by atoms with E-state index in [9.17, 15) is 0 Å². The minimum Gasteiger partial charge on any atom is -0.335 e. The van der Waals surface area contributed by atoms with Crippen LogP contribution in [0.4, 0.5) is 0 Å². The summed E-state index contributed by atoms with van der Waals surface area (Å²) in [7, 11) is 0. The molecule has 1 heterocycles. The largest absolute Gasteiger partial charge is 0.335 e. The average Bonchev–Trinajstić information content (AvgIpc) is 2.85. The number of nitrogens with zero attached hydrogens (tertiary/aromatic N) is 1. The van der Waals surface area contributed by atoms with Crippen LogP contribution in [0, 0.1) is 0 Å². The minimum atomic E-state index is 0.278. The molecule has 0 radical (unpaired) electrons. The van der Waals surface area contributed by atoms with Crippen molar-refractivity contribution in [3.8, 4) is 0 Å². The first-order valence-corrected chi connectivity index (χ1v) is 8.36. The van der Waals surface area contributed by atoms with Crippen LogP contribution in [0.5, 0.6) is 0 Å². The summed E-state index contributed by atoms with van der Waals surface area (Å²) in [6.45, 7) is 14.5. The average molecular weight is 305 g/mol. The molecule has 0 bridgehead atoms. The highest BCUT2D eigenvalue weighted by molar-refractivity contribution is 5.75. The molecular formula is C22H27N. The van der Waals surface area contributed by atoms with Crippen molar-refractivity contribution in [2.75, 3.05) is 0 Å². The van der Waals surface area contributed by atoms with E-state index in [1.165, 1.54) is 23.1 Å². The van der Waals surface area contributed by atoms with E-state index in [0.29, 0.717) is 0 Å². The van der Waals surface area contributed by atoms with Crippen molar-refractivity contribution in [1.29, 1.82) is 0 Å². The predicted octanol–water partition coefficient (Wildman–Crippen LogP) is 5.89. The normalized spacial score (nSPS) is 18.7. The summed E-state index contributed by atoms with van der Waals surface area (Å²) >= 11 is 0. The van der Waals surface area contributed by atoms with Crippen LogP contribution in [0.3, 0.4) is 0 Å². The van der Waals surface area contributed by atoms with Gasteiger partial charge in [0.05, 0.1) is 6.04 Å². The van der Waals surface area contributed by atoms with Crippen LogP contribution in [0.2, 0.25) is 0 Å². The molecule has 0 N–H and O–H groups in total. The molecule has 120 valence electrons. The Morgan fingerprint density at radius 1 is 1.26 bits per heavy atom. The number of hydrogen-bond donors (Lipinski definition) is 0. The summed E-state index contributed by atoms with van der Waals surface area (Å²) in [6.07, 6.45) is 12.5. The van der Waals surface area contributed by atoms with E-state index in [1.54, 1.807) is 6.08 Å². The van der Waals surface area contributed by atoms with E-state index in [0.717, 1.165) is 17.8 Å². The van der Waals surface area contributed by atoms with E-state index in [-0.39, 0.29) is 6.04 Å². The third-order valence-electron chi connectivity index (χ3n) is 4.27. The zero-order chi connectivity index (χ0) is 16.8. The Kier molecular flexibility index (Phi) is 5.81. The molecule has 23 heavy (non-hydrogen) atoms. The first-order chi connectivity index (χ1) is 11.1. The van der Waals surface area contributed by atoms with Gasteiger partial charge in [-0.05, 0) is 49.1 Å². The smallest absolute Gasteiger partial charge is 0.0569 e. The highest BCUT2D eigenvalue weighted by Gasteiger charge is 2.27. The molecule has 1 unspecified atom stereocenters. The van der Waals surface area contributed by atoms with Crippen molar-refractivity contribution in [2.24, 2.45) is 0 Å².